The van der Waals surface area contributed by atoms with E-state index in [4.69, 9.17) is 0 Å². The number of imidazole rings is 1. The second-order valence-electron chi connectivity index (χ2n) is 8.47. The summed E-state index contributed by atoms with van der Waals surface area (Å²) < 4.78 is 81.6. The van der Waals surface area contributed by atoms with E-state index >= 15 is 0 Å². The van der Waals surface area contributed by atoms with Crippen LogP contribution in [-0.4, -0.2) is 46.6 Å². The fourth-order valence-corrected chi connectivity index (χ4v) is 4.35. The number of aromatic nitrogens is 3. The van der Waals surface area contributed by atoms with Crippen molar-refractivity contribution in [1.29, 1.82) is 0 Å². The third kappa shape index (κ3) is 4.70. The monoisotopic (exact) mass is 519 g/mol. The molecule has 37 heavy (non-hydrogen) atoms. The lowest BCUT2D eigenvalue weighted by Gasteiger charge is -2.36. The van der Waals surface area contributed by atoms with E-state index in [2.05, 4.69) is 9.97 Å². The Bertz CT molecular complexity index is 1440. The van der Waals surface area contributed by atoms with Crippen molar-refractivity contribution in [3.8, 4) is 0 Å². The molecule has 192 valence electrons. The Hall–Kier alpha value is -4.09. The number of hydrogen-bond acceptors (Lipinski definition) is 5. The standard InChI is InChI=1S/C25H19F6N5O/c26-24(27,28)17-8-9-20-19(15-17)33-23(36(20)22(37)16-5-2-1-3-6-16)35-13-11-34(12-14-35)21-18(25(29,30)31)7-4-10-32-21/h1-10,15H,11-14H2. The minimum atomic E-state index is -4.59. The number of fused-ring (bicyclic) bond motifs is 1. The van der Waals surface area contributed by atoms with Crippen LogP contribution in [0.1, 0.15) is 21.5 Å². The summed E-state index contributed by atoms with van der Waals surface area (Å²) >= 11 is 0. The van der Waals surface area contributed by atoms with Crippen LogP contribution in [0.2, 0.25) is 0 Å². The van der Waals surface area contributed by atoms with Crippen LogP contribution in [0.15, 0.2) is 66.9 Å². The summed E-state index contributed by atoms with van der Waals surface area (Å²) in [6.45, 7) is 0.615. The van der Waals surface area contributed by atoms with E-state index in [1.165, 1.54) is 27.8 Å². The second kappa shape index (κ2) is 9.09. The van der Waals surface area contributed by atoms with Gasteiger partial charge in [-0.1, -0.05) is 18.2 Å². The fourth-order valence-electron chi connectivity index (χ4n) is 4.35. The van der Waals surface area contributed by atoms with Crippen LogP contribution in [0.5, 0.6) is 0 Å². The summed E-state index contributed by atoms with van der Waals surface area (Å²) in [5, 5.41) is 0. The molecule has 3 heterocycles. The number of anilines is 2. The average molecular weight is 519 g/mol. The molecule has 1 aliphatic heterocycles. The third-order valence-corrected chi connectivity index (χ3v) is 6.14. The van der Waals surface area contributed by atoms with Gasteiger partial charge in [-0.2, -0.15) is 26.3 Å². The Morgan fingerprint density at radius 2 is 1.46 bits per heavy atom. The molecule has 2 aromatic heterocycles. The van der Waals surface area contributed by atoms with E-state index in [-0.39, 0.29) is 49.0 Å². The lowest BCUT2D eigenvalue weighted by molar-refractivity contribution is -0.138. The van der Waals surface area contributed by atoms with Crippen LogP contribution < -0.4 is 9.80 Å². The van der Waals surface area contributed by atoms with Crippen LogP contribution in [-0.2, 0) is 12.4 Å². The summed E-state index contributed by atoms with van der Waals surface area (Å²) in [4.78, 5) is 24.9. The van der Waals surface area contributed by atoms with Gasteiger partial charge in [-0.25, -0.2) is 14.5 Å². The smallest absolute Gasteiger partial charge is 0.353 e. The first-order valence-corrected chi connectivity index (χ1v) is 11.3. The second-order valence-corrected chi connectivity index (χ2v) is 8.47. The van der Waals surface area contributed by atoms with E-state index in [1.807, 2.05) is 0 Å². The number of piperazine rings is 1. The molecular weight excluding hydrogens is 500 g/mol. The summed E-state index contributed by atoms with van der Waals surface area (Å²) in [6.07, 6.45) is -7.88. The molecule has 1 saturated heterocycles. The van der Waals surface area contributed by atoms with E-state index in [0.29, 0.717) is 5.56 Å². The van der Waals surface area contributed by atoms with E-state index < -0.39 is 29.4 Å². The largest absolute Gasteiger partial charge is 0.419 e. The summed E-state index contributed by atoms with van der Waals surface area (Å²) in [5.74, 6) is -0.553. The minimum absolute atomic E-state index is 0.0133. The number of pyridine rings is 1. The molecule has 0 aliphatic carbocycles. The highest BCUT2D eigenvalue weighted by Gasteiger charge is 2.37. The fraction of sp³-hybridized carbons (Fsp3) is 0.240. The highest BCUT2D eigenvalue weighted by molar-refractivity contribution is 6.03. The van der Waals surface area contributed by atoms with Crippen molar-refractivity contribution in [2.75, 3.05) is 36.0 Å². The van der Waals surface area contributed by atoms with Gasteiger partial charge in [0.05, 0.1) is 22.2 Å². The summed E-state index contributed by atoms with van der Waals surface area (Å²) in [7, 11) is 0. The Balaban J connectivity index is 1.51. The Kier molecular flexibility index (Phi) is 6.04. The van der Waals surface area contributed by atoms with Crippen molar-refractivity contribution in [3.05, 3.63) is 83.6 Å². The van der Waals surface area contributed by atoms with Gasteiger partial charge in [-0.15, -0.1) is 0 Å². The van der Waals surface area contributed by atoms with Crippen molar-refractivity contribution >= 4 is 28.7 Å². The molecule has 0 radical (unpaired) electrons. The molecule has 4 aromatic rings. The molecule has 0 bridgehead atoms. The molecule has 0 amide bonds. The molecule has 2 aromatic carbocycles. The zero-order valence-corrected chi connectivity index (χ0v) is 19.1. The van der Waals surface area contributed by atoms with Crippen LogP contribution in [0, 0.1) is 0 Å². The van der Waals surface area contributed by atoms with E-state index in [9.17, 15) is 31.1 Å². The Labute approximate surface area is 206 Å². The van der Waals surface area contributed by atoms with Gasteiger partial charge in [0.15, 0.2) is 0 Å². The Morgan fingerprint density at radius 1 is 0.784 bits per heavy atom. The van der Waals surface area contributed by atoms with E-state index in [0.717, 1.165) is 18.2 Å². The van der Waals surface area contributed by atoms with Gasteiger partial charge in [0.25, 0.3) is 5.91 Å². The van der Waals surface area contributed by atoms with Crippen LogP contribution in [0.4, 0.5) is 38.1 Å². The molecule has 0 spiro atoms. The average Bonchev–Trinajstić information content (AvgIpc) is 3.27. The maximum atomic E-state index is 13.5. The van der Waals surface area contributed by atoms with Crippen LogP contribution in [0.25, 0.3) is 11.0 Å². The summed E-state index contributed by atoms with van der Waals surface area (Å²) in [6, 6.07) is 13.4. The predicted molar refractivity (Wildman–Crippen MR) is 125 cm³/mol. The molecule has 6 nitrogen and oxygen atoms in total. The normalized spacial score (nSPS) is 14.9. The number of halogens is 6. The maximum Gasteiger partial charge on any atom is 0.419 e. The topological polar surface area (TPSA) is 54.3 Å². The maximum absolute atomic E-state index is 13.5. The molecule has 12 heteroatoms. The van der Waals surface area contributed by atoms with Gasteiger partial charge < -0.3 is 9.80 Å². The van der Waals surface area contributed by atoms with Gasteiger partial charge in [-0.05, 0) is 42.5 Å². The zero-order valence-electron chi connectivity index (χ0n) is 19.1. The molecule has 0 saturated carbocycles. The number of hydrogen-bond donors (Lipinski definition) is 0. The predicted octanol–water partition coefficient (Wildman–Crippen LogP) is 5.48. The van der Waals surface area contributed by atoms with Gasteiger partial charge in [0, 0.05) is 37.9 Å². The molecule has 1 fully saturated rings. The number of nitrogens with zero attached hydrogens (tertiary/aromatic N) is 5. The van der Waals surface area contributed by atoms with Crippen LogP contribution >= 0.6 is 0 Å². The molecule has 0 unspecified atom stereocenters. The number of carbonyl (C=O) groups excluding carboxylic acids is 1. The quantitative estimate of drug-likeness (QED) is 0.336. The van der Waals surface area contributed by atoms with Crippen LogP contribution in [0.3, 0.4) is 0 Å². The first-order valence-electron chi connectivity index (χ1n) is 11.3. The molecular formula is C25H19F6N5O. The van der Waals surface area contributed by atoms with Gasteiger partial charge >= 0.3 is 12.4 Å². The molecule has 5 rings (SSSR count). The number of rotatable bonds is 3. The zero-order chi connectivity index (χ0) is 26.4. The lowest BCUT2D eigenvalue weighted by Crippen LogP contribution is -2.48. The van der Waals surface area contributed by atoms with Crippen molar-refractivity contribution in [2.24, 2.45) is 0 Å². The first kappa shape index (κ1) is 24.6. The number of carbonyl (C=O) groups is 1. The van der Waals surface area contributed by atoms with Gasteiger partial charge in [0.1, 0.15) is 5.82 Å². The van der Waals surface area contributed by atoms with Crippen molar-refractivity contribution in [1.82, 2.24) is 14.5 Å². The molecule has 1 aliphatic rings. The van der Waals surface area contributed by atoms with Crippen molar-refractivity contribution in [3.63, 3.8) is 0 Å². The first-order chi connectivity index (χ1) is 17.5. The number of benzene rings is 2. The molecule has 0 atom stereocenters. The highest BCUT2D eigenvalue weighted by Crippen LogP contribution is 2.36. The highest BCUT2D eigenvalue weighted by atomic mass is 19.4. The van der Waals surface area contributed by atoms with Gasteiger partial charge in [-0.3, -0.25) is 4.79 Å². The Morgan fingerprint density at radius 3 is 2.11 bits per heavy atom. The SMILES string of the molecule is O=C(c1ccccc1)n1c(N2CCN(c3ncccc3C(F)(F)F)CC2)nc2cc(C(F)(F)F)ccc21. The lowest BCUT2D eigenvalue weighted by atomic mass is 10.2. The van der Waals surface area contributed by atoms with E-state index in [1.54, 1.807) is 35.2 Å². The molecule has 0 N–H and O–H groups in total. The van der Waals surface area contributed by atoms with Crippen molar-refractivity contribution < 1.29 is 31.1 Å². The summed E-state index contributed by atoms with van der Waals surface area (Å²) in [5.41, 5.74) is -1.26. The van der Waals surface area contributed by atoms with Gasteiger partial charge in [0.2, 0.25) is 5.95 Å². The van der Waals surface area contributed by atoms with Crippen molar-refractivity contribution in [2.45, 2.75) is 12.4 Å². The number of alkyl halides is 6. The third-order valence-electron chi connectivity index (χ3n) is 6.14. The minimum Gasteiger partial charge on any atom is -0.353 e.